The van der Waals surface area contributed by atoms with Crippen LogP contribution in [0.1, 0.15) is 15.4 Å². The van der Waals surface area contributed by atoms with Crippen LogP contribution in [0.25, 0.3) is 11.3 Å². The molecule has 154 valence electrons. The Balaban J connectivity index is 1.48. The lowest BCUT2D eigenvalue weighted by Gasteiger charge is -2.29. The van der Waals surface area contributed by atoms with E-state index in [1.165, 1.54) is 4.90 Å². The lowest BCUT2D eigenvalue weighted by Crippen LogP contribution is -2.45. The van der Waals surface area contributed by atoms with Crippen LogP contribution in [0.2, 0.25) is 0 Å². The minimum absolute atomic E-state index is 0.0392. The minimum atomic E-state index is -0.232. The van der Waals surface area contributed by atoms with Crippen LogP contribution < -0.4 is 15.0 Å². The predicted molar refractivity (Wildman–Crippen MR) is 118 cm³/mol. The average Bonchev–Trinajstić information content (AvgIpc) is 3.08. The number of aromatic nitrogens is 1. The summed E-state index contributed by atoms with van der Waals surface area (Å²) in [6, 6.07) is 15.6. The zero-order valence-corrected chi connectivity index (χ0v) is 17.8. The maximum absolute atomic E-state index is 12.5. The van der Waals surface area contributed by atoms with Gasteiger partial charge in [-0.3, -0.25) is 14.5 Å². The molecule has 30 heavy (non-hydrogen) atoms. The van der Waals surface area contributed by atoms with E-state index in [-0.39, 0.29) is 25.0 Å². The maximum atomic E-state index is 12.5. The van der Waals surface area contributed by atoms with Crippen molar-refractivity contribution in [3.05, 3.63) is 64.0 Å². The van der Waals surface area contributed by atoms with Gasteiger partial charge in [-0.1, -0.05) is 30.3 Å². The second-order valence-corrected chi connectivity index (χ2v) is 8.58. The maximum Gasteiger partial charge on any atom is 0.265 e. The third kappa shape index (κ3) is 4.36. The summed E-state index contributed by atoms with van der Waals surface area (Å²) in [5, 5.41) is 3.89. The highest BCUT2D eigenvalue weighted by Crippen LogP contribution is 2.37. The Hall–Kier alpha value is -3.19. The van der Waals surface area contributed by atoms with E-state index in [1.54, 1.807) is 11.3 Å². The lowest BCUT2D eigenvalue weighted by molar-refractivity contribution is -0.125. The number of amides is 2. The Labute approximate surface area is 179 Å². The van der Waals surface area contributed by atoms with Crippen LogP contribution in [0.15, 0.2) is 48.5 Å². The van der Waals surface area contributed by atoms with Crippen LogP contribution in [0.5, 0.6) is 5.75 Å². The topological polar surface area (TPSA) is 71.5 Å². The first-order valence-corrected chi connectivity index (χ1v) is 10.6. The summed E-state index contributed by atoms with van der Waals surface area (Å²) in [5.74, 6) is 0.169. The summed E-state index contributed by atoms with van der Waals surface area (Å²) in [5.41, 5.74) is 3.56. The molecule has 1 aromatic heterocycles. The number of nitrogens with zero attached hydrogens (tertiary/aromatic N) is 2. The van der Waals surface area contributed by atoms with Gasteiger partial charge in [0.05, 0.1) is 16.4 Å². The molecule has 0 saturated heterocycles. The smallest absolute Gasteiger partial charge is 0.265 e. The Bertz CT molecular complexity index is 1080. The van der Waals surface area contributed by atoms with Gasteiger partial charge in [0.25, 0.3) is 5.91 Å². The van der Waals surface area contributed by atoms with E-state index >= 15 is 0 Å². The third-order valence-electron chi connectivity index (χ3n) is 4.96. The van der Waals surface area contributed by atoms with Gasteiger partial charge in [-0.25, -0.2) is 4.98 Å². The van der Waals surface area contributed by atoms with Gasteiger partial charge in [0.1, 0.15) is 12.3 Å². The summed E-state index contributed by atoms with van der Waals surface area (Å²) >= 11 is 1.63. The van der Waals surface area contributed by atoms with Gasteiger partial charge in [0, 0.05) is 17.0 Å². The van der Waals surface area contributed by atoms with Crippen molar-refractivity contribution in [3.63, 3.8) is 0 Å². The molecule has 0 spiro atoms. The summed E-state index contributed by atoms with van der Waals surface area (Å²) < 4.78 is 5.57. The van der Waals surface area contributed by atoms with Crippen molar-refractivity contribution in [3.8, 4) is 17.0 Å². The fourth-order valence-electron chi connectivity index (χ4n) is 3.51. The second-order valence-electron chi connectivity index (χ2n) is 7.17. The number of fused-ring (bicyclic) bond motifs is 1. The fourth-order valence-corrected chi connectivity index (χ4v) is 4.35. The first-order chi connectivity index (χ1) is 14.5. The molecule has 0 saturated carbocycles. The molecule has 2 amide bonds. The summed E-state index contributed by atoms with van der Waals surface area (Å²) in [6.07, 6.45) is 0.743. The van der Waals surface area contributed by atoms with Crippen LogP contribution in [-0.2, 0) is 16.0 Å². The molecule has 1 aliphatic rings. The minimum Gasteiger partial charge on any atom is -0.482 e. The molecule has 3 aromatic rings. The van der Waals surface area contributed by atoms with Crippen molar-refractivity contribution < 1.29 is 14.3 Å². The highest BCUT2D eigenvalue weighted by molar-refractivity contribution is 7.11. The van der Waals surface area contributed by atoms with Gasteiger partial charge in [0.2, 0.25) is 5.91 Å². The largest absolute Gasteiger partial charge is 0.482 e. The Kier molecular flexibility index (Phi) is 5.81. The van der Waals surface area contributed by atoms with E-state index in [2.05, 4.69) is 10.3 Å². The van der Waals surface area contributed by atoms with Crippen molar-refractivity contribution in [1.29, 1.82) is 0 Å². The lowest BCUT2D eigenvalue weighted by atomic mass is 10.1. The highest BCUT2D eigenvalue weighted by atomic mass is 32.1. The number of thiazole rings is 1. The van der Waals surface area contributed by atoms with Crippen LogP contribution in [0.3, 0.4) is 0 Å². The Morgan fingerprint density at radius 3 is 2.73 bits per heavy atom. The number of hydrogen-bond acceptors (Lipinski definition) is 5. The predicted octanol–water partition coefficient (Wildman–Crippen LogP) is 3.51. The number of nitrogens with one attached hydrogen (secondary N) is 1. The van der Waals surface area contributed by atoms with Gasteiger partial charge in [-0.2, -0.15) is 0 Å². The molecule has 7 heteroatoms. The van der Waals surface area contributed by atoms with Gasteiger partial charge in [0.15, 0.2) is 6.61 Å². The number of hydrogen-bond donors (Lipinski definition) is 1. The number of anilines is 1. The molecule has 2 aromatic carbocycles. The molecule has 0 fully saturated rings. The monoisotopic (exact) mass is 421 g/mol. The fraction of sp³-hybridized carbons (Fsp3) is 0.261. The average molecular weight is 422 g/mol. The quantitative estimate of drug-likeness (QED) is 0.661. The van der Waals surface area contributed by atoms with E-state index < -0.39 is 0 Å². The molecule has 0 atom stereocenters. The van der Waals surface area contributed by atoms with Gasteiger partial charge in [-0.15, -0.1) is 11.3 Å². The molecule has 0 radical (unpaired) electrons. The third-order valence-corrected chi connectivity index (χ3v) is 5.85. The van der Waals surface area contributed by atoms with Crippen molar-refractivity contribution >= 4 is 28.8 Å². The van der Waals surface area contributed by atoms with E-state index in [0.717, 1.165) is 33.1 Å². The van der Waals surface area contributed by atoms with Crippen molar-refractivity contribution in [2.45, 2.75) is 20.3 Å². The molecule has 6 nitrogen and oxygen atoms in total. The number of benzene rings is 2. The van der Waals surface area contributed by atoms with E-state index in [0.29, 0.717) is 18.0 Å². The summed E-state index contributed by atoms with van der Waals surface area (Å²) in [4.78, 5) is 32.2. The molecular formula is C23H23N3O3S. The molecule has 0 aliphatic carbocycles. The summed E-state index contributed by atoms with van der Waals surface area (Å²) in [6.45, 7) is 4.41. The number of ether oxygens (including phenoxy) is 1. The second kappa shape index (κ2) is 8.67. The normalized spacial score (nSPS) is 13.0. The molecule has 2 heterocycles. The first kappa shape index (κ1) is 20.1. The van der Waals surface area contributed by atoms with Crippen LogP contribution in [0, 0.1) is 13.8 Å². The van der Waals surface area contributed by atoms with Crippen LogP contribution in [-0.4, -0.2) is 36.5 Å². The van der Waals surface area contributed by atoms with E-state index in [9.17, 15) is 9.59 Å². The van der Waals surface area contributed by atoms with Gasteiger partial charge < -0.3 is 10.1 Å². The van der Waals surface area contributed by atoms with E-state index in [4.69, 9.17) is 4.74 Å². The SMILES string of the molecule is Cc1nc(-c2ccc3c(c2)N(CC(=O)NCCc2ccccc2)C(=O)CO3)c(C)s1. The molecule has 4 rings (SSSR count). The zero-order chi connectivity index (χ0) is 21.1. The standard InChI is InChI=1S/C23H23N3O3S/c1-15-23(25-16(2)30-15)18-8-9-20-19(12-18)26(22(28)14-29-20)13-21(27)24-11-10-17-6-4-3-5-7-17/h3-9,12H,10-11,13-14H2,1-2H3,(H,24,27). The number of carbonyl (C=O) groups is 2. The van der Waals surface area contributed by atoms with Gasteiger partial charge in [-0.05, 0) is 44.0 Å². The number of aryl methyl sites for hydroxylation is 2. The molecule has 0 unspecified atom stereocenters. The molecule has 0 bridgehead atoms. The van der Waals surface area contributed by atoms with Crippen molar-refractivity contribution in [1.82, 2.24) is 10.3 Å². The van der Waals surface area contributed by atoms with Gasteiger partial charge >= 0.3 is 0 Å². The van der Waals surface area contributed by atoms with Crippen LogP contribution in [0.4, 0.5) is 5.69 Å². The number of carbonyl (C=O) groups excluding carboxylic acids is 2. The highest BCUT2D eigenvalue weighted by Gasteiger charge is 2.28. The van der Waals surface area contributed by atoms with Crippen molar-refractivity contribution in [2.75, 3.05) is 24.6 Å². The first-order valence-electron chi connectivity index (χ1n) is 9.83. The summed E-state index contributed by atoms with van der Waals surface area (Å²) in [7, 11) is 0. The molecule has 1 N–H and O–H groups in total. The van der Waals surface area contributed by atoms with Crippen LogP contribution >= 0.6 is 11.3 Å². The number of rotatable bonds is 6. The Morgan fingerprint density at radius 1 is 1.20 bits per heavy atom. The molecular weight excluding hydrogens is 398 g/mol. The zero-order valence-electron chi connectivity index (χ0n) is 17.0. The Morgan fingerprint density at radius 2 is 2.00 bits per heavy atom. The molecule has 1 aliphatic heterocycles. The van der Waals surface area contributed by atoms with E-state index in [1.807, 2.05) is 62.4 Å². The van der Waals surface area contributed by atoms with Crippen molar-refractivity contribution in [2.24, 2.45) is 0 Å².